The van der Waals surface area contributed by atoms with E-state index in [1.807, 2.05) is 18.6 Å². The van der Waals surface area contributed by atoms with E-state index in [-0.39, 0.29) is 16.8 Å². The van der Waals surface area contributed by atoms with Crippen LogP contribution in [-0.2, 0) is 15.6 Å². The molecule has 3 fully saturated rings. The smallest absolute Gasteiger partial charge is 0.211 e. The number of aromatic amines is 1. The average molecular weight is 331 g/mol. The van der Waals surface area contributed by atoms with Crippen molar-refractivity contribution in [3.63, 3.8) is 0 Å². The molecule has 3 heterocycles. The van der Waals surface area contributed by atoms with Crippen molar-refractivity contribution < 1.29 is 8.42 Å². The number of rotatable bonds is 4. The molecule has 3 aromatic rings. The van der Waals surface area contributed by atoms with Gasteiger partial charge >= 0.3 is 0 Å². The first-order valence-electron chi connectivity index (χ1n) is 7.77. The van der Waals surface area contributed by atoms with Crippen LogP contribution < -0.4 is 4.72 Å². The van der Waals surface area contributed by atoms with Crippen LogP contribution in [0.4, 0.5) is 0 Å². The molecule has 6 rings (SSSR count). The summed E-state index contributed by atoms with van der Waals surface area (Å²) in [6, 6.07) is 2.02. The van der Waals surface area contributed by atoms with Gasteiger partial charge in [-0.2, -0.15) is 0 Å². The first-order valence-corrected chi connectivity index (χ1v) is 9.43. The summed E-state index contributed by atoms with van der Waals surface area (Å²) in [6.45, 7) is 1.67. The number of pyridine rings is 1. The van der Waals surface area contributed by atoms with Crippen LogP contribution in [0.25, 0.3) is 22.1 Å². The van der Waals surface area contributed by atoms with E-state index in [1.165, 1.54) is 0 Å². The maximum absolute atomic E-state index is 11.8. The van der Waals surface area contributed by atoms with Crippen LogP contribution in [0, 0.1) is 0 Å². The standard InChI is InChI=1S/C15H17N5O2S/c1-2-23(21,22)19-14-6-15(7-14,8-14)20-9-18-11-5-17-13-10(12(11)20)3-4-16-13/h3-5,9,19H,2,6-8H2,1H3,(H,16,17). The van der Waals surface area contributed by atoms with E-state index >= 15 is 0 Å². The second-order valence-electron chi connectivity index (χ2n) is 6.89. The van der Waals surface area contributed by atoms with E-state index in [2.05, 4.69) is 24.2 Å². The number of sulfonamides is 1. The largest absolute Gasteiger partial charge is 0.346 e. The Morgan fingerprint density at radius 1 is 1.35 bits per heavy atom. The number of imidazole rings is 1. The Morgan fingerprint density at radius 2 is 2.13 bits per heavy atom. The van der Waals surface area contributed by atoms with Crippen molar-refractivity contribution in [3.05, 3.63) is 24.8 Å². The Morgan fingerprint density at radius 3 is 2.87 bits per heavy atom. The van der Waals surface area contributed by atoms with Crippen LogP contribution >= 0.6 is 0 Å². The van der Waals surface area contributed by atoms with Crippen LogP contribution in [0.15, 0.2) is 24.8 Å². The SMILES string of the molecule is CCS(=O)(=O)NC12CC(n3cnc4cnc5[nH]ccc5c43)(C1)C2. The summed E-state index contributed by atoms with van der Waals surface area (Å²) in [4.78, 5) is 12.0. The summed E-state index contributed by atoms with van der Waals surface area (Å²) < 4.78 is 28.8. The van der Waals surface area contributed by atoms with Crippen molar-refractivity contribution in [3.8, 4) is 0 Å². The number of H-pyrrole nitrogens is 1. The van der Waals surface area contributed by atoms with Gasteiger partial charge in [-0.15, -0.1) is 0 Å². The van der Waals surface area contributed by atoms with Gasteiger partial charge < -0.3 is 9.55 Å². The molecule has 3 aromatic heterocycles. The van der Waals surface area contributed by atoms with Gasteiger partial charge in [0.1, 0.15) is 11.2 Å². The van der Waals surface area contributed by atoms with Gasteiger partial charge in [0.25, 0.3) is 0 Å². The minimum absolute atomic E-state index is 0.00341. The molecule has 0 atom stereocenters. The van der Waals surface area contributed by atoms with Gasteiger partial charge in [-0.05, 0) is 32.3 Å². The van der Waals surface area contributed by atoms with Gasteiger partial charge in [-0.25, -0.2) is 23.1 Å². The van der Waals surface area contributed by atoms with Crippen molar-refractivity contribution in [1.29, 1.82) is 0 Å². The van der Waals surface area contributed by atoms with E-state index in [1.54, 1.807) is 13.1 Å². The van der Waals surface area contributed by atoms with E-state index < -0.39 is 10.0 Å². The minimum Gasteiger partial charge on any atom is -0.346 e. The van der Waals surface area contributed by atoms with Gasteiger partial charge in [-0.1, -0.05) is 0 Å². The molecule has 2 bridgehead atoms. The Labute approximate surface area is 133 Å². The molecule has 0 amide bonds. The molecular weight excluding hydrogens is 314 g/mol. The quantitative estimate of drug-likeness (QED) is 0.757. The zero-order valence-corrected chi connectivity index (χ0v) is 13.5. The highest BCUT2D eigenvalue weighted by atomic mass is 32.2. The maximum atomic E-state index is 11.8. The third-order valence-electron chi connectivity index (χ3n) is 5.36. The summed E-state index contributed by atoms with van der Waals surface area (Å²) in [7, 11) is -3.15. The van der Waals surface area contributed by atoms with Crippen LogP contribution in [0.1, 0.15) is 26.2 Å². The lowest BCUT2D eigenvalue weighted by molar-refractivity contribution is -0.122. The highest BCUT2D eigenvalue weighted by Crippen LogP contribution is 2.66. The zero-order valence-electron chi connectivity index (χ0n) is 12.7. The lowest BCUT2D eigenvalue weighted by Gasteiger charge is -2.70. The van der Waals surface area contributed by atoms with E-state index in [0.29, 0.717) is 0 Å². The van der Waals surface area contributed by atoms with E-state index in [0.717, 1.165) is 41.3 Å². The summed E-state index contributed by atoms with van der Waals surface area (Å²) >= 11 is 0. The molecule has 0 aliphatic heterocycles. The predicted octanol–water partition coefficient (Wildman–Crippen LogP) is 1.48. The molecule has 3 aliphatic carbocycles. The first-order chi connectivity index (χ1) is 11.0. The minimum atomic E-state index is -3.15. The van der Waals surface area contributed by atoms with E-state index in [9.17, 15) is 8.42 Å². The fourth-order valence-electron chi connectivity index (χ4n) is 4.37. The number of fused-ring (bicyclic) bond motifs is 3. The van der Waals surface area contributed by atoms with Crippen LogP contribution in [-0.4, -0.2) is 39.2 Å². The van der Waals surface area contributed by atoms with Crippen LogP contribution in [0.2, 0.25) is 0 Å². The summed E-state index contributed by atoms with van der Waals surface area (Å²) in [5.41, 5.74) is 2.58. The van der Waals surface area contributed by atoms with Crippen molar-refractivity contribution in [2.75, 3.05) is 5.75 Å². The molecule has 23 heavy (non-hydrogen) atoms. The average Bonchev–Trinajstić information content (AvgIpc) is 3.06. The summed E-state index contributed by atoms with van der Waals surface area (Å²) in [5, 5.41) is 1.06. The third kappa shape index (κ3) is 1.65. The Hall–Kier alpha value is -1.93. The molecule has 0 unspecified atom stereocenters. The predicted molar refractivity (Wildman–Crippen MR) is 86.5 cm³/mol. The maximum Gasteiger partial charge on any atom is 0.211 e. The van der Waals surface area contributed by atoms with Crippen molar-refractivity contribution >= 4 is 32.1 Å². The molecule has 2 N–H and O–H groups in total. The summed E-state index contributed by atoms with van der Waals surface area (Å²) in [5.74, 6) is 0.130. The van der Waals surface area contributed by atoms with E-state index in [4.69, 9.17) is 0 Å². The monoisotopic (exact) mass is 331 g/mol. The first kappa shape index (κ1) is 13.5. The second-order valence-corrected chi connectivity index (χ2v) is 8.90. The lowest BCUT2D eigenvalue weighted by Crippen LogP contribution is -2.78. The van der Waals surface area contributed by atoms with Gasteiger partial charge in [-0.3, -0.25) is 0 Å². The zero-order chi connectivity index (χ0) is 15.9. The van der Waals surface area contributed by atoms with Gasteiger partial charge in [0, 0.05) is 17.1 Å². The number of nitrogens with zero attached hydrogens (tertiary/aromatic N) is 3. The topological polar surface area (TPSA) is 92.7 Å². The highest BCUT2D eigenvalue weighted by Gasteiger charge is 2.70. The van der Waals surface area contributed by atoms with Gasteiger partial charge in [0.15, 0.2) is 0 Å². The molecule has 8 heteroatoms. The molecule has 120 valence electrons. The van der Waals surface area contributed by atoms with Crippen molar-refractivity contribution in [2.24, 2.45) is 0 Å². The fourth-order valence-corrected chi connectivity index (χ4v) is 5.39. The normalized spacial score (nSPS) is 29.6. The number of nitrogens with one attached hydrogen (secondary N) is 2. The lowest BCUT2D eigenvalue weighted by atomic mass is 9.44. The van der Waals surface area contributed by atoms with Crippen molar-refractivity contribution in [2.45, 2.75) is 37.3 Å². The van der Waals surface area contributed by atoms with Crippen LogP contribution in [0.5, 0.6) is 0 Å². The molecule has 3 aliphatic rings. The van der Waals surface area contributed by atoms with Gasteiger partial charge in [0.05, 0.1) is 29.3 Å². The van der Waals surface area contributed by atoms with Gasteiger partial charge in [0.2, 0.25) is 10.0 Å². The molecule has 0 aromatic carbocycles. The molecule has 0 saturated heterocycles. The number of hydrogen-bond acceptors (Lipinski definition) is 4. The van der Waals surface area contributed by atoms with Crippen molar-refractivity contribution in [1.82, 2.24) is 24.2 Å². The number of aromatic nitrogens is 4. The second kappa shape index (κ2) is 3.93. The molecule has 0 spiro atoms. The molecular formula is C15H17N5O2S. The third-order valence-corrected chi connectivity index (χ3v) is 6.86. The highest BCUT2D eigenvalue weighted by molar-refractivity contribution is 7.89. The Kier molecular flexibility index (Phi) is 2.31. The molecule has 0 radical (unpaired) electrons. The Bertz CT molecular complexity index is 1030. The molecule has 7 nitrogen and oxygen atoms in total. The van der Waals surface area contributed by atoms with Crippen LogP contribution in [0.3, 0.4) is 0 Å². The number of hydrogen-bond donors (Lipinski definition) is 2. The molecule has 3 saturated carbocycles. The summed E-state index contributed by atoms with van der Waals surface area (Å²) in [6.07, 6.45) is 8.03. The Balaban J connectivity index is 1.54. The fraction of sp³-hybridized carbons (Fsp3) is 0.467.